The van der Waals surface area contributed by atoms with Crippen molar-refractivity contribution in [2.75, 3.05) is 14.2 Å². The molecule has 0 unspecified atom stereocenters. The third-order valence-electron chi connectivity index (χ3n) is 3.78. The zero-order valence-corrected chi connectivity index (χ0v) is 14.0. The minimum Gasteiger partial charge on any atom is -0.465 e. The minimum atomic E-state index is -1.79. The number of benzene rings is 1. The van der Waals surface area contributed by atoms with Crippen molar-refractivity contribution in [1.29, 1.82) is 0 Å². The average molecular weight is 354 g/mol. The van der Waals surface area contributed by atoms with E-state index in [4.69, 9.17) is 13.9 Å². The monoisotopic (exact) mass is 354 g/mol. The molecule has 1 aromatic heterocycles. The Bertz CT molecular complexity index is 944. The van der Waals surface area contributed by atoms with Crippen LogP contribution in [0.4, 0.5) is 0 Å². The predicted molar refractivity (Wildman–Crippen MR) is 87.7 cm³/mol. The van der Waals surface area contributed by atoms with Gasteiger partial charge in [-0.05, 0) is 36.1 Å². The number of esters is 2. The van der Waals surface area contributed by atoms with Crippen LogP contribution in [0.25, 0.3) is 0 Å². The van der Waals surface area contributed by atoms with Crippen molar-refractivity contribution in [3.8, 4) is 17.6 Å². The number of ketones is 1. The topological polar surface area (TPSA) is 92.0 Å². The lowest BCUT2D eigenvalue weighted by atomic mass is 9.90. The average Bonchev–Trinajstić information content (AvgIpc) is 3.14. The van der Waals surface area contributed by atoms with Crippen LogP contribution < -0.4 is 4.74 Å². The highest BCUT2D eigenvalue weighted by Gasteiger charge is 2.47. The number of ether oxygens (including phenoxy) is 3. The molecular formula is C19H14O7. The van der Waals surface area contributed by atoms with Crippen molar-refractivity contribution in [2.24, 2.45) is 0 Å². The molecule has 132 valence electrons. The molecule has 3 rings (SSSR count). The number of hydrogen-bond donors (Lipinski definition) is 0. The van der Waals surface area contributed by atoms with E-state index in [1.54, 1.807) is 24.3 Å². The number of rotatable bonds is 2. The van der Waals surface area contributed by atoms with Crippen LogP contribution in [0.5, 0.6) is 5.75 Å². The Labute approximate surface area is 148 Å². The molecule has 1 aromatic carbocycles. The van der Waals surface area contributed by atoms with Gasteiger partial charge in [-0.1, -0.05) is 12.1 Å². The molecule has 1 atom stereocenters. The first-order chi connectivity index (χ1) is 12.5. The number of para-hydroxylation sites is 1. The molecule has 0 fully saturated rings. The second kappa shape index (κ2) is 6.76. The Balaban J connectivity index is 1.99. The molecule has 2 aromatic rings. The molecule has 0 saturated heterocycles. The Kier molecular flexibility index (Phi) is 4.50. The number of carbonyl (C=O) groups is 3. The molecular weight excluding hydrogens is 340 g/mol. The van der Waals surface area contributed by atoms with E-state index >= 15 is 0 Å². The van der Waals surface area contributed by atoms with E-state index in [1.807, 2.05) is 0 Å². The van der Waals surface area contributed by atoms with E-state index in [2.05, 4.69) is 16.6 Å². The zero-order chi connectivity index (χ0) is 18.7. The molecule has 1 aliphatic rings. The Morgan fingerprint density at radius 2 is 1.88 bits per heavy atom. The van der Waals surface area contributed by atoms with Gasteiger partial charge in [-0.2, -0.15) is 0 Å². The quantitative estimate of drug-likeness (QED) is 0.601. The largest absolute Gasteiger partial charge is 0.465 e. The number of hydrogen-bond acceptors (Lipinski definition) is 7. The molecule has 0 amide bonds. The van der Waals surface area contributed by atoms with Gasteiger partial charge < -0.3 is 18.6 Å². The van der Waals surface area contributed by atoms with E-state index in [-0.39, 0.29) is 29.5 Å². The van der Waals surface area contributed by atoms with Gasteiger partial charge in [-0.25, -0.2) is 9.59 Å². The second-order valence-corrected chi connectivity index (χ2v) is 5.42. The van der Waals surface area contributed by atoms with Crippen LogP contribution in [-0.4, -0.2) is 37.5 Å². The number of carbonyl (C=O) groups excluding carboxylic acids is 3. The molecule has 0 spiro atoms. The van der Waals surface area contributed by atoms with Crippen molar-refractivity contribution in [3.05, 3.63) is 53.5 Å². The molecule has 0 saturated carbocycles. The van der Waals surface area contributed by atoms with Crippen LogP contribution in [0.1, 0.15) is 33.1 Å². The van der Waals surface area contributed by atoms with Gasteiger partial charge in [-0.15, -0.1) is 0 Å². The second-order valence-electron chi connectivity index (χ2n) is 5.42. The maximum Gasteiger partial charge on any atom is 0.374 e. The fourth-order valence-corrected chi connectivity index (χ4v) is 2.51. The Morgan fingerprint density at radius 1 is 1.12 bits per heavy atom. The maximum atomic E-state index is 12.4. The van der Waals surface area contributed by atoms with Gasteiger partial charge in [-0.3, -0.25) is 4.79 Å². The van der Waals surface area contributed by atoms with Crippen LogP contribution in [0.15, 0.2) is 40.8 Å². The lowest BCUT2D eigenvalue weighted by Gasteiger charge is -2.31. The third kappa shape index (κ3) is 3.05. The number of methoxy groups -OCH3 is 2. The summed E-state index contributed by atoms with van der Waals surface area (Å²) >= 11 is 0. The third-order valence-corrected chi connectivity index (χ3v) is 3.78. The molecule has 2 heterocycles. The van der Waals surface area contributed by atoms with Crippen LogP contribution >= 0.6 is 0 Å². The van der Waals surface area contributed by atoms with Crippen molar-refractivity contribution < 1.29 is 33.0 Å². The molecule has 7 heteroatoms. The van der Waals surface area contributed by atoms with E-state index in [9.17, 15) is 14.4 Å². The first-order valence-electron chi connectivity index (χ1n) is 7.60. The van der Waals surface area contributed by atoms with Gasteiger partial charge in [0.2, 0.25) is 5.76 Å². The Morgan fingerprint density at radius 3 is 2.62 bits per heavy atom. The van der Waals surface area contributed by atoms with Crippen molar-refractivity contribution in [2.45, 2.75) is 12.0 Å². The van der Waals surface area contributed by atoms with Gasteiger partial charge in [0.05, 0.1) is 26.2 Å². The highest BCUT2D eigenvalue weighted by atomic mass is 16.6. The maximum absolute atomic E-state index is 12.4. The predicted octanol–water partition coefficient (Wildman–Crippen LogP) is 1.99. The van der Waals surface area contributed by atoms with Crippen molar-refractivity contribution in [3.63, 3.8) is 0 Å². The SMILES string of the molecule is COC(=O)c1ccc(C#C[C@@]2(C(=O)OC)CC(=O)c3ccccc3O2)o1. The standard InChI is InChI=1S/C19H14O7/c1-23-17(21)16-8-7-12(25-16)9-10-19(18(22)24-2)11-14(20)13-5-3-4-6-15(13)26-19/h3-8H,11H2,1-2H3/t19-/m0/s1. The minimum absolute atomic E-state index is 0.0325. The zero-order valence-electron chi connectivity index (χ0n) is 14.0. The fraction of sp³-hybridized carbons (Fsp3) is 0.211. The summed E-state index contributed by atoms with van der Waals surface area (Å²) in [7, 11) is 2.41. The fourth-order valence-electron chi connectivity index (χ4n) is 2.51. The summed E-state index contributed by atoms with van der Waals surface area (Å²) in [6, 6.07) is 9.41. The van der Waals surface area contributed by atoms with Crippen LogP contribution in [-0.2, 0) is 14.3 Å². The van der Waals surface area contributed by atoms with Gasteiger partial charge in [0, 0.05) is 0 Å². The first kappa shape index (κ1) is 17.3. The van der Waals surface area contributed by atoms with Crippen molar-refractivity contribution >= 4 is 17.7 Å². The Hall–Kier alpha value is -3.53. The van der Waals surface area contributed by atoms with E-state index in [0.717, 1.165) is 0 Å². The van der Waals surface area contributed by atoms with Crippen LogP contribution in [0.3, 0.4) is 0 Å². The van der Waals surface area contributed by atoms with Crippen LogP contribution in [0.2, 0.25) is 0 Å². The smallest absolute Gasteiger partial charge is 0.374 e. The molecule has 0 aliphatic carbocycles. The van der Waals surface area contributed by atoms with E-state index in [0.29, 0.717) is 5.56 Å². The summed E-state index contributed by atoms with van der Waals surface area (Å²) in [5, 5.41) is 0. The number of fused-ring (bicyclic) bond motifs is 1. The lowest BCUT2D eigenvalue weighted by Crippen LogP contribution is -2.48. The summed E-state index contributed by atoms with van der Waals surface area (Å²) in [6.07, 6.45) is -0.297. The van der Waals surface area contributed by atoms with Crippen molar-refractivity contribution in [1.82, 2.24) is 0 Å². The number of Topliss-reactive ketones (excluding diaryl/α,β-unsaturated/α-hetero) is 1. The summed E-state index contributed by atoms with van der Waals surface area (Å²) in [5.41, 5.74) is -1.42. The summed E-state index contributed by atoms with van der Waals surface area (Å²) in [5.74, 6) is 3.84. The molecule has 0 bridgehead atoms. The normalized spacial score (nSPS) is 18.0. The molecule has 26 heavy (non-hydrogen) atoms. The first-order valence-corrected chi connectivity index (χ1v) is 7.60. The highest BCUT2D eigenvalue weighted by Crippen LogP contribution is 2.33. The van der Waals surface area contributed by atoms with Gasteiger partial charge in [0.1, 0.15) is 5.75 Å². The summed E-state index contributed by atoms with van der Waals surface area (Å²) < 4.78 is 20.3. The van der Waals surface area contributed by atoms with Gasteiger partial charge in [0.25, 0.3) is 5.60 Å². The van der Waals surface area contributed by atoms with Gasteiger partial charge in [0.15, 0.2) is 11.5 Å². The summed E-state index contributed by atoms with van der Waals surface area (Å²) in [4.78, 5) is 36.2. The van der Waals surface area contributed by atoms with E-state index in [1.165, 1.54) is 26.4 Å². The highest BCUT2D eigenvalue weighted by molar-refractivity contribution is 6.05. The molecule has 0 radical (unpaired) electrons. The summed E-state index contributed by atoms with van der Waals surface area (Å²) in [6.45, 7) is 0. The van der Waals surface area contributed by atoms with Gasteiger partial charge >= 0.3 is 11.9 Å². The van der Waals surface area contributed by atoms with E-state index < -0.39 is 17.5 Å². The van der Waals surface area contributed by atoms with Crippen LogP contribution in [0, 0.1) is 11.8 Å². The molecule has 0 N–H and O–H groups in total. The molecule has 7 nitrogen and oxygen atoms in total. The number of furan rings is 1. The lowest BCUT2D eigenvalue weighted by molar-refractivity contribution is -0.154. The molecule has 1 aliphatic heterocycles.